The van der Waals surface area contributed by atoms with Crippen LogP contribution in [0.2, 0.25) is 0 Å². The molecule has 0 saturated heterocycles. The lowest BCUT2D eigenvalue weighted by Gasteiger charge is -2.04. The quantitative estimate of drug-likeness (QED) is 0.664. The molecule has 18 heavy (non-hydrogen) atoms. The van der Waals surface area contributed by atoms with Crippen LogP contribution in [0.25, 0.3) is 0 Å². The number of thiophene rings is 1. The molecule has 6 nitrogen and oxygen atoms in total. The van der Waals surface area contributed by atoms with Crippen molar-refractivity contribution >= 4 is 44.6 Å². The molecule has 0 amide bonds. The number of nitrogens with one attached hydrogen (secondary N) is 1. The van der Waals surface area contributed by atoms with Crippen molar-refractivity contribution in [1.29, 1.82) is 0 Å². The Morgan fingerprint density at radius 2 is 2.22 bits per heavy atom. The first-order valence-electron chi connectivity index (χ1n) is 4.95. The normalized spacial score (nSPS) is 10.3. The minimum atomic E-state index is -0.553. The van der Waals surface area contributed by atoms with Crippen LogP contribution < -0.4 is 11.1 Å². The lowest BCUT2D eigenvalue weighted by Crippen LogP contribution is -2.04. The number of anilines is 2. The molecule has 0 fully saturated rings. The Hall–Kier alpha value is -1.67. The van der Waals surface area contributed by atoms with Crippen LogP contribution in [0, 0.1) is 10.1 Å². The number of rotatable bonds is 4. The maximum absolute atomic E-state index is 10.6. The molecule has 0 bridgehead atoms. The van der Waals surface area contributed by atoms with Gasteiger partial charge in [0, 0.05) is 10.9 Å². The van der Waals surface area contributed by atoms with Crippen molar-refractivity contribution in [2.75, 3.05) is 11.1 Å². The third-order valence-corrected chi connectivity index (χ3v) is 3.80. The van der Waals surface area contributed by atoms with E-state index in [9.17, 15) is 10.1 Å². The van der Waals surface area contributed by atoms with Crippen molar-refractivity contribution in [2.45, 2.75) is 6.54 Å². The molecule has 0 aromatic carbocycles. The van der Waals surface area contributed by atoms with Gasteiger partial charge in [0.05, 0.1) is 15.3 Å². The summed E-state index contributed by atoms with van der Waals surface area (Å²) in [5, 5.41) is 13.6. The van der Waals surface area contributed by atoms with Crippen LogP contribution in [0.4, 0.5) is 17.3 Å². The Kier molecular flexibility index (Phi) is 3.78. The van der Waals surface area contributed by atoms with Gasteiger partial charge in [0.1, 0.15) is 5.82 Å². The van der Waals surface area contributed by atoms with Gasteiger partial charge in [-0.2, -0.15) is 0 Å². The summed E-state index contributed by atoms with van der Waals surface area (Å²) in [6, 6.07) is 6.82. The molecular formula is C10H9BrN4O2S. The minimum absolute atomic E-state index is 0.0858. The fraction of sp³-hybridized carbons (Fsp3) is 0.100. The molecule has 0 unspecified atom stereocenters. The van der Waals surface area contributed by atoms with Crippen molar-refractivity contribution in [2.24, 2.45) is 0 Å². The molecule has 3 N–H and O–H groups in total. The third kappa shape index (κ3) is 2.96. The van der Waals surface area contributed by atoms with Crippen LogP contribution in [0.1, 0.15) is 4.88 Å². The van der Waals surface area contributed by atoms with Gasteiger partial charge < -0.3 is 11.1 Å². The molecule has 2 rings (SSSR count). The summed E-state index contributed by atoms with van der Waals surface area (Å²) >= 11 is 4.98. The Morgan fingerprint density at radius 3 is 2.78 bits per heavy atom. The number of nitro groups is 1. The first-order valence-corrected chi connectivity index (χ1v) is 6.56. The Balaban J connectivity index is 2.06. The third-order valence-electron chi connectivity index (χ3n) is 2.17. The molecule has 0 aliphatic rings. The van der Waals surface area contributed by atoms with Gasteiger partial charge in [-0.05, 0) is 34.1 Å². The number of nitrogens with zero attached hydrogens (tertiary/aromatic N) is 2. The summed E-state index contributed by atoms with van der Waals surface area (Å²) in [6.45, 7) is 0.598. The number of nitrogen functional groups attached to an aromatic ring is 1. The Morgan fingerprint density at radius 1 is 1.44 bits per heavy atom. The molecule has 0 atom stereocenters. The summed E-state index contributed by atoms with van der Waals surface area (Å²) in [4.78, 5) is 15.1. The first kappa shape index (κ1) is 12.8. The zero-order valence-corrected chi connectivity index (χ0v) is 11.5. The smallest absolute Gasteiger partial charge is 0.311 e. The van der Waals surface area contributed by atoms with E-state index in [0.29, 0.717) is 12.4 Å². The second-order valence-electron chi connectivity index (χ2n) is 3.42. The molecule has 2 heterocycles. The van der Waals surface area contributed by atoms with Gasteiger partial charge in [-0.15, -0.1) is 11.3 Å². The lowest BCUT2D eigenvalue weighted by atomic mass is 10.3. The summed E-state index contributed by atoms with van der Waals surface area (Å²) in [7, 11) is 0. The predicted molar refractivity (Wildman–Crippen MR) is 74.6 cm³/mol. The van der Waals surface area contributed by atoms with E-state index in [-0.39, 0.29) is 11.5 Å². The van der Waals surface area contributed by atoms with Crippen LogP contribution in [0.3, 0.4) is 0 Å². The molecule has 8 heteroatoms. The number of pyridine rings is 1. The summed E-state index contributed by atoms with van der Waals surface area (Å²) in [6.07, 6.45) is 0. The number of hydrogen-bond acceptors (Lipinski definition) is 6. The maximum Gasteiger partial charge on any atom is 0.311 e. The zero-order valence-electron chi connectivity index (χ0n) is 9.09. The highest BCUT2D eigenvalue weighted by atomic mass is 79.9. The van der Waals surface area contributed by atoms with E-state index in [1.54, 1.807) is 11.3 Å². The van der Waals surface area contributed by atoms with Crippen LogP contribution in [-0.4, -0.2) is 9.91 Å². The first-order chi connectivity index (χ1) is 8.56. The Bertz CT molecular complexity index is 587. The van der Waals surface area contributed by atoms with E-state index < -0.39 is 4.92 Å². The molecule has 0 aliphatic heterocycles. The maximum atomic E-state index is 10.6. The van der Waals surface area contributed by atoms with E-state index in [0.717, 1.165) is 8.66 Å². The van der Waals surface area contributed by atoms with Gasteiger partial charge in [-0.1, -0.05) is 0 Å². The van der Waals surface area contributed by atoms with Crippen LogP contribution >= 0.6 is 27.3 Å². The van der Waals surface area contributed by atoms with E-state index in [4.69, 9.17) is 5.73 Å². The van der Waals surface area contributed by atoms with Crippen molar-refractivity contribution in [3.8, 4) is 0 Å². The van der Waals surface area contributed by atoms with Gasteiger partial charge in [0.2, 0.25) is 5.82 Å². The van der Waals surface area contributed by atoms with Crippen LogP contribution in [0.15, 0.2) is 28.1 Å². The highest BCUT2D eigenvalue weighted by Gasteiger charge is 2.12. The molecule has 2 aromatic heterocycles. The SMILES string of the molecule is Nc1nc(NCc2ccc(Br)s2)ccc1[N+](=O)[O-]. The average molecular weight is 329 g/mol. The predicted octanol–water partition coefficient (Wildman–Crippen LogP) is 3.01. The second kappa shape index (κ2) is 5.32. The summed E-state index contributed by atoms with van der Waals surface area (Å²) < 4.78 is 1.05. The van der Waals surface area contributed by atoms with E-state index in [1.807, 2.05) is 12.1 Å². The monoisotopic (exact) mass is 328 g/mol. The molecule has 0 saturated carbocycles. The summed E-state index contributed by atoms with van der Waals surface area (Å²) in [5.41, 5.74) is 5.32. The average Bonchev–Trinajstić information content (AvgIpc) is 2.72. The highest BCUT2D eigenvalue weighted by molar-refractivity contribution is 9.11. The fourth-order valence-electron chi connectivity index (χ4n) is 1.34. The molecule has 0 spiro atoms. The molecular weight excluding hydrogens is 320 g/mol. The van der Waals surface area contributed by atoms with Gasteiger partial charge >= 0.3 is 5.69 Å². The van der Waals surface area contributed by atoms with Crippen molar-refractivity contribution in [3.05, 3.63) is 43.0 Å². The highest BCUT2D eigenvalue weighted by Crippen LogP contribution is 2.24. The number of halogens is 1. The molecule has 0 radical (unpaired) electrons. The standard InChI is InChI=1S/C10H9BrN4O2S/c11-8-3-1-6(18-8)5-13-9-4-2-7(15(16)17)10(12)14-9/h1-4H,5H2,(H3,12,13,14). The number of aromatic nitrogens is 1. The molecule has 2 aromatic rings. The minimum Gasteiger partial charge on any atom is -0.378 e. The summed E-state index contributed by atoms with van der Waals surface area (Å²) in [5.74, 6) is 0.431. The van der Waals surface area contributed by atoms with Crippen molar-refractivity contribution in [1.82, 2.24) is 4.98 Å². The van der Waals surface area contributed by atoms with E-state index >= 15 is 0 Å². The van der Waals surface area contributed by atoms with Gasteiger partial charge in [-0.25, -0.2) is 4.98 Å². The largest absolute Gasteiger partial charge is 0.378 e. The topological polar surface area (TPSA) is 94.1 Å². The van der Waals surface area contributed by atoms with Gasteiger partial charge in [-0.3, -0.25) is 10.1 Å². The molecule has 0 aliphatic carbocycles. The number of hydrogen-bond donors (Lipinski definition) is 2. The van der Waals surface area contributed by atoms with Crippen LogP contribution in [0.5, 0.6) is 0 Å². The second-order valence-corrected chi connectivity index (χ2v) is 5.96. The molecule has 94 valence electrons. The zero-order chi connectivity index (χ0) is 13.1. The van der Waals surface area contributed by atoms with Gasteiger partial charge in [0.15, 0.2) is 0 Å². The Labute approximate surface area is 115 Å². The van der Waals surface area contributed by atoms with Crippen LogP contribution in [-0.2, 0) is 6.54 Å². The lowest BCUT2D eigenvalue weighted by molar-refractivity contribution is -0.384. The van der Waals surface area contributed by atoms with Crippen molar-refractivity contribution in [3.63, 3.8) is 0 Å². The van der Waals surface area contributed by atoms with Gasteiger partial charge in [0.25, 0.3) is 0 Å². The fourth-order valence-corrected chi connectivity index (χ4v) is 2.77. The number of nitrogens with two attached hydrogens (primary N) is 1. The van der Waals surface area contributed by atoms with E-state index in [2.05, 4.69) is 26.2 Å². The van der Waals surface area contributed by atoms with E-state index in [1.165, 1.54) is 12.1 Å². The van der Waals surface area contributed by atoms with Crippen molar-refractivity contribution < 1.29 is 4.92 Å².